The van der Waals surface area contributed by atoms with Gasteiger partial charge in [-0.1, -0.05) is 54.6 Å². The van der Waals surface area contributed by atoms with Gasteiger partial charge in [-0.25, -0.2) is 4.79 Å². The minimum atomic E-state index is -1.20. The van der Waals surface area contributed by atoms with Crippen molar-refractivity contribution in [3.8, 4) is 11.1 Å². The molecule has 0 saturated carbocycles. The number of carbonyl (C=O) groups is 3. The number of carbonyl (C=O) groups excluding carboxylic acids is 2. The molecule has 1 aliphatic rings. The summed E-state index contributed by atoms with van der Waals surface area (Å²) in [5.74, 6) is -1.77. The van der Waals surface area contributed by atoms with E-state index < -0.39 is 30.4 Å². The zero-order chi connectivity index (χ0) is 23.1. The van der Waals surface area contributed by atoms with E-state index in [1.165, 1.54) is 4.90 Å². The van der Waals surface area contributed by atoms with Crippen LogP contribution in [0.1, 0.15) is 36.3 Å². The number of likely N-dealkylation sites (N-methyl/N-ethyl adjacent to an activating group) is 1. The van der Waals surface area contributed by atoms with Crippen molar-refractivity contribution < 1.29 is 24.2 Å². The summed E-state index contributed by atoms with van der Waals surface area (Å²) in [5.41, 5.74) is 4.36. The molecule has 1 aliphatic carbocycles. The molecule has 168 valence electrons. The number of hydrogen-bond acceptors (Lipinski definition) is 4. The first-order valence-corrected chi connectivity index (χ1v) is 10.6. The molecule has 2 aromatic rings. The number of unbranched alkanes of at least 4 members (excludes halogenated alkanes) is 1. The van der Waals surface area contributed by atoms with E-state index in [9.17, 15) is 19.5 Å². The van der Waals surface area contributed by atoms with Gasteiger partial charge in [-0.05, 0) is 35.1 Å². The maximum absolute atomic E-state index is 12.7. The van der Waals surface area contributed by atoms with Gasteiger partial charge in [0.1, 0.15) is 12.6 Å². The highest BCUT2D eigenvalue weighted by atomic mass is 16.5. The van der Waals surface area contributed by atoms with Crippen molar-refractivity contribution in [3.05, 3.63) is 72.3 Å². The summed E-state index contributed by atoms with van der Waals surface area (Å²) >= 11 is 0. The molecule has 0 spiro atoms. The molecule has 32 heavy (non-hydrogen) atoms. The van der Waals surface area contributed by atoms with Crippen molar-refractivity contribution in [2.24, 2.45) is 0 Å². The van der Waals surface area contributed by atoms with E-state index >= 15 is 0 Å². The van der Waals surface area contributed by atoms with Gasteiger partial charge in [0.05, 0.1) is 6.42 Å². The minimum Gasteiger partial charge on any atom is -0.481 e. The fraction of sp³-hybridized carbons (Fsp3) is 0.320. The number of ether oxygens (including phenoxy) is 1. The summed E-state index contributed by atoms with van der Waals surface area (Å²) in [4.78, 5) is 37.8. The van der Waals surface area contributed by atoms with Gasteiger partial charge in [-0.3, -0.25) is 9.59 Å². The van der Waals surface area contributed by atoms with Gasteiger partial charge in [0, 0.05) is 19.5 Å². The first kappa shape index (κ1) is 23.1. The molecule has 0 fully saturated rings. The number of allylic oxidation sites excluding steroid dienone is 1. The van der Waals surface area contributed by atoms with Gasteiger partial charge < -0.3 is 20.1 Å². The van der Waals surface area contributed by atoms with Crippen LogP contribution in [0, 0.1) is 0 Å². The van der Waals surface area contributed by atoms with Crippen LogP contribution in [-0.2, 0) is 14.3 Å². The Hall–Kier alpha value is -3.61. The van der Waals surface area contributed by atoms with Crippen molar-refractivity contribution in [3.63, 3.8) is 0 Å². The number of rotatable bonds is 10. The number of benzene rings is 2. The SMILES string of the molecule is C=CCCCN(C)C(=O)C(CC(=O)O)NC(=O)OCC1c2ccccc2-c2ccccc21. The zero-order valence-corrected chi connectivity index (χ0v) is 18.1. The Kier molecular flexibility index (Phi) is 7.65. The molecule has 7 heteroatoms. The Morgan fingerprint density at radius 1 is 1.12 bits per heavy atom. The summed E-state index contributed by atoms with van der Waals surface area (Å²) in [7, 11) is 1.58. The Labute approximate surface area is 187 Å². The quantitative estimate of drug-likeness (QED) is 0.436. The third-order valence-electron chi connectivity index (χ3n) is 5.59. The van der Waals surface area contributed by atoms with Crippen LogP contribution in [0.2, 0.25) is 0 Å². The van der Waals surface area contributed by atoms with E-state index in [1.807, 2.05) is 48.5 Å². The lowest BCUT2D eigenvalue weighted by Gasteiger charge is -2.24. The average Bonchev–Trinajstić information content (AvgIpc) is 3.10. The van der Waals surface area contributed by atoms with Gasteiger partial charge in [0.25, 0.3) is 0 Å². The summed E-state index contributed by atoms with van der Waals surface area (Å²) < 4.78 is 5.45. The molecule has 1 atom stereocenters. The highest BCUT2D eigenvalue weighted by Gasteiger charge is 2.31. The van der Waals surface area contributed by atoms with E-state index in [1.54, 1.807) is 13.1 Å². The van der Waals surface area contributed by atoms with Gasteiger partial charge in [-0.2, -0.15) is 0 Å². The summed E-state index contributed by atoms with van der Waals surface area (Å²) in [6, 6.07) is 14.7. The first-order chi connectivity index (χ1) is 15.4. The lowest BCUT2D eigenvalue weighted by atomic mass is 9.98. The standard InChI is InChI=1S/C25H28N2O5/c1-3-4-9-14-27(2)24(30)22(15-23(28)29)26-25(31)32-16-21-19-12-7-5-10-17(19)18-11-6-8-13-20(18)21/h3,5-8,10-13,21-22H,1,4,9,14-16H2,2H3,(H,26,31)(H,28,29). The largest absolute Gasteiger partial charge is 0.481 e. The van der Waals surface area contributed by atoms with Crippen LogP contribution in [0.15, 0.2) is 61.2 Å². The van der Waals surface area contributed by atoms with Crippen LogP contribution in [0.3, 0.4) is 0 Å². The summed E-state index contributed by atoms with van der Waals surface area (Å²) in [5, 5.41) is 11.6. The van der Waals surface area contributed by atoms with Crippen molar-refractivity contribution in [2.45, 2.75) is 31.2 Å². The fourth-order valence-corrected chi connectivity index (χ4v) is 4.01. The molecule has 0 saturated heterocycles. The predicted octanol–water partition coefficient (Wildman–Crippen LogP) is 3.79. The minimum absolute atomic E-state index is 0.0863. The van der Waals surface area contributed by atoms with E-state index in [0.29, 0.717) is 13.0 Å². The smallest absolute Gasteiger partial charge is 0.407 e. The molecule has 2 N–H and O–H groups in total. The second-order valence-corrected chi connectivity index (χ2v) is 7.81. The van der Waals surface area contributed by atoms with Gasteiger partial charge in [0.2, 0.25) is 5.91 Å². The van der Waals surface area contributed by atoms with Gasteiger partial charge >= 0.3 is 12.1 Å². The maximum Gasteiger partial charge on any atom is 0.407 e. The number of aliphatic carboxylic acids is 1. The van der Waals surface area contributed by atoms with Gasteiger partial charge in [-0.15, -0.1) is 6.58 Å². The maximum atomic E-state index is 12.7. The number of hydrogen-bond donors (Lipinski definition) is 2. The van der Waals surface area contributed by atoms with E-state index in [2.05, 4.69) is 11.9 Å². The Morgan fingerprint density at radius 2 is 1.72 bits per heavy atom. The van der Waals surface area contributed by atoms with E-state index in [-0.39, 0.29) is 12.5 Å². The highest BCUT2D eigenvalue weighted by Crippen LogP contribution is 2.44. The lowest BCUT2D eigenvalue weighted by Crippen LogP contribution is -2.48. The Morgan fingerprint density at radius 3 is 2.28 bits per heavy atom. The number of carboxylic acid groups (broad SMARTS) is 1. The molecule has 0 heterocycles. The zero-order valence-electron chi connectivity index (χ0n) is 18.1. The molecule has 3 rings (SSSR count). The molecule has 0 radical (unpaired) electrons. The average molecular weight is 437 g/mol. The topological polar surface area (TPSA) is 95.9 Å². The molecule has 0 bridgehead atoms. The predicted molar refractivity (Wildman–Crippen MR) is 121 cm³/mol. The molecule has 1 unspecified atom stereocenters. The third-order valence-corrected chi connectivity index (χ3v) is 5.59. The number of carboxylic acids is 1. The molecular formula is C25H28N2O5. The van der Waals surface area contributed by atoms with Crippen LogP contribution in [0.4, 0.5) is 4.79 Å². The fourth-order valence-electron chi connectivity index (χ4n) is 4.01. The molecule has 2 amide bonds. The van der Waals surface area contributed by atoms with Gasteiger partial charge in [0.15, 0.2) is 0 Å². The molecule has 7 nitrogen and oxygen atoms in total. The number of nitrogens with zero attached hydrogens (tertiary/aromatic N) is 1. The first-order valence-electron chi connectivity index (χ1n) is 10.6. The molecular weight excluding hydrogens is 408 g/mol. The van der Waals surface area contributed by atoms with Crippen LogP contribution in [0.25, 0.3) is 11.1 Å². The van der Waals surface area contributed by atoms with Crippen LogP contribution >= 0.6 is 0 Å². The second kappa shape index (κ2) is 10.6. The van der Waals surface area contributed by atoms with Crippen molar-refractivity contribution in [2.75, 3.05) is 20.2 Å². The molecule has 0 aromatic heterocycles. The number of nitrogens with one attached hydrogen (secondary N) is 1. The molecule has 0 aliphatic heterocycles. The van der Waals surface area contributed by atoms with Crippen molar-refractivity contribution in [1.29, 1.82) is 0 Å². The monoisotopic (exact) mass is 436 g/mol. The van der Waals surface area contributed by atoms with Crippen LogP contribution in [-0.4, -0.2) is 54.2 Å². The lowest BCUT2D eigenvalue weighted by molar-refractivity contribution is -0.142. The number of alkyl carbamates (subject to hydrolysis) is 1. The Balaban J connectivity index is 1.65. The Bertz CT molecular complexity index is 958. The second-order valence-electron chi connectivity index (χ2n) is 7.81. The number of amides is 2. The number of fused-ring (bicyclic) bond motifs is 3. The summed E-state index contributed by atoms with van der Waals surface area (Å²) in [6.07, 6.45) is 1.86. The van der Waals surface area contributed by atoms with Crippen molar-refractivity contribution in [1.82, 2.24) is 10.2 Å². The van der Waals surface area contributed by atoms with Crippen molar-refractivity contribution >= 4 is 18.0 Å². The normalized spacial score (nSPS) is 12.9. The van der Waals surface area contributed by atoms with E-state index in [0.717, 1.165) is 28.7 Å². The highest BCUT2D eigenvalue weighted by molar-refractivity contribution is 5.89. The summed E-state index contributed by atoms with van der Waals surface area (Å²) in [6.45, 7) is 4.17. The molecule has 2 aromatic carbocycles. The van der Waals surface area contributed by atoms with Crippen LogP contribution < -0.4 is 5.32 Å². The van der Waals surface area contributed by atoms with E-state index in [4.69, 9.17) is 4.74 Å². The third kappa shape index (κ3) is 5.35. The van der Waals surface area contributed by atoms with Crippen LogP contribution in [0.5, 0.6) is 0 Å².